The summed E-state index contributed by atoms with van der Waals surface area (Å²) in [6, 6.07) is 13.0. The van der Waals surface area contributed by atoms with Crippen molar-refractivity contribution in [1.82, 2.24) is 14.6 Å². The number of aromatic amines is 1. The van der Waals surface area contributed by atoms with E-state index >= 15 is 4.39 Å². The first-order valence-corrected chi connectivity index (χ1v) is 15.2. The van der Waals surface area contributed by atoms with Gasteiger partial charge in [-0.1, -0.05) is 30.3 Å². The minimum Gasteiger partial charge on any atom is -0.462 e. The molecule has 0 bridgehead atoms. The molecule has 0 radical (unpaired) electrons. The van der Waals surface area contributed by atoms with Crippen LogP contribution in [0.15, 0.2) is 64.3 Å². The maximum atomic E-state index is 15.4. The average molecular weight is 596 g/mol. The summed E-state index contributed by atoms with van der Waals surface area (Å²) in [7, 11) is 0. The van der Waals surface area contributed by atoms with Gasteiger partial charge in [0, 0.05) is 12.3 Å². The van der Waals surface area contributed by atoms with Gasteiger partial charge < -0.3 is 23.6 Å². The number of fused-ring (bicyclic) bond motifs is 1. The molecular formula is C26H31FN3O8PS. The van der Waals surface area contributed by atoms with Crippen molar-refractivity contribution in [3.63, 3.8) is 0 Å². The van der Waals surface area contributed by atoms with Crippen molar-refractivity contribution in [3.05, 3.63) is 75.6 Å². The van der Waals surface area contributed by atoms with E-state index in [-0.39, 0.29) is 6.10 Å². The SMILES string of the molecule is CC(C)OC(=O)[C@H](C)NP(=S)(OC[C@@]1(C)O[C@@H](n2ccc(=O)[nH]c2=O)[C@H](O)[C@@H]1F)Oc1ccc2ccccc2c1. The van der Waals surface area contributed by atoms with Crippen LogP contribution in [0.1, 0.15) is 33.9 Å². The molecule has 2 heterocycles. The van der Waals surface area contributed by atoms with Crippen molar-refractivity contribution < 1.29 is 32.8 Å². The number of hydrogen-bond acceptors (Lipinski definition) is 9. The van der Waals surface area contributed by atoms with E-state index in [2.05, 4.69) is 5.09 Å². The number of hydrogen-bond donors (Lipinski definition) is 3. The summed E-state index contributed by atoms with van der Waals surface area (Å²) in [4.78, 5) is 38.3. The fourth-order valence-electron chi connectivity index (χ4n) is 4.17. The number of carbonyl (C=O) groups excluding carboxylic acids is 1. The number of benzene rings is 2. The lowest BCUT2D eigenvalue weighted by Gasteiger charge is -2.31. The van der Waals surface area contributed by atoms with Crippen molar-refractivity contribution in [2.75, 3.05) is 6.61 Å². The van der Waals surface area contributed by atoms with Crippen molar-refractivity contribution >= 4 is 35.2 Å². The van der Waals surface area contributed by atoms with Crippen molar-refractivity contribution in [2.45, 2.75) is 63.9 Å². The zero-order chi connectivity index (χ0) is 29.2. The summed E-state index contributed by atoms with van der Waals surface area (Å²) in [6.45, 7) is 2.20. The Balaban J connectivity index is 1.58. The smallest absolute Gasteiger partial charge is 0.330 e. The first-order chi connectivity index (χ1) is 18.8. The Labute approximate surface area is 234 Å². The highest BCUT2D eigenvalue weighted by Gasteiger charge is 2.54. The van der Waals surface area contributed by atoms with E-state index < -0.39 is 60.6 Å². The van der Waals surface area contributed by atoms with E-state index in [4.69, 9.17) is 30.3 Å². The molecule has 6 atom stereocenters. The molecule has 0 spiro atoms. The summed E-state index contributed by atoms with van der Waals surface area (Å²) in [5.41, 5.74) is -3.31. The molecule has 11 nitrogen and oxygen atoms in total. The number of aromatic nitrogens is 2. The first kappa shape index (κ1) is 30.0. The van der Waals surface area contributed by atoms with Gasteiger partial charge in [0.15, 0.2) is 12.4 Å². The molecule has 14 heteroatoms. The zero-order valence-electron chi connectivity index (χ0n) is 22.3. The number of rotatable bonds is 10. The number of esters is 1. The number of carbonyl (C=O) groups is 1. The highest BCUT2D eigenvalue weighted by atomic mass is 32.5. The van der Waals surface area contributed by atoms with Crippen LogP contribution in [0.5, 0.6) is 5.75 Å². The van der Waals surface area contributed by atoms with Crippen molar-refractivity contribution in [2.24, 2.45) is 0 Å². The number of alkyl halides is 1. The van der Waals surface area contributed by atoms with Gasteiger partial charge in [-0.05, 0) is 62.4 Å². The first-order valence-electron chi connectivity index (χ1n) is 12.5. The fourth-order valence-corrected chi connectivity index (χ4v) is 6.64. The lowest BCUT2D eigenvalue weighted by molar-refractivity contribution is -0.149. The van der Waals surface area contributed by atoms with Crippen LogP contribution in [0.4, 0.5) is 4.39 Å². The van der Waals surface area contributed by atoms with Crippen LogP contribution in [-0.2, 0) is 30.6 Å². The molecule has 3 N–H and O–H groups in total. The Bertz CT molecular complexity index is 1550. The summed E-state index contributed by atoms with van der Waals surface area (Å²) < 4.78 is 39.4. The molecule has 3 aromatic rings. The van der Waals surface area contributed by atoms with E-state index in [9.17, 15) is 19.5 Å². The Morgan fingerprint density at radius 1 is 1.23 bits per heavy atom. The maximum Gasteiger partial charge on any atom is 0.330 e. The molecule has 1 aromatic heterocycles. The average Bonchev–Trinajstić information content (AvgIpc) is 3.11. The normalized spacial score (nSPS) is 25.0. The standard InChI is InChI=1S/C26H31FN3O8PS/c1-15(2)36-24(33)16(3)29-39(40,38-19-10-9-17-7-5-6-8-18(17)13-19)35-14-26(4)22(27)21(32)23(37-26)30-12-11-20(31)28-25(30)34/h5-13,15-16,21-23,32H,14H2,1-4H3,(H,29,40)(H,28,31,34)/t16-,21+,22-,23+,26+,39?/m0/s1. The highest BCUT2D eigenvalue weighted by molar-refractivity contribution is 8.09. The maximum absolute atomic E-state index is 15.4. The van der Waals surface area contributed by atoms with Crippen LogP contribution in [0.2, 0.25) is 0 Å². The molecule has 0 amide bonds. The minimum absolute atomic E-state index is 0.353. The van der Waals surface area contributed by atoms with Gasteiger partial charge in [-0.3, -0.25) is 19.1 Å². The monoisotopic (exact) mass is 595 g/mol. The third-order valence-electron chi connectivity index (χ3n) is 6.22. The molecule has 1 unspecified atom stereocenters. The summed E-state index contributed by atoms with van der Waals surface area (Å²) in [5, 5.41) is 15.3. The molecule has 1 fully saturated rings. The van der Waals surface area contributed by atoms with Crippen LogP contribution in [-0.4, -0.2) is 57.3 Å². The zero-order valence-corrected chi connectivity index (χ0v) is 24.0. The third-order valence-corrected chi connectivity index (χ3v) is 8.70. The Morgan fingerprint density at radius 2 is 1.93 bits per heavy atom. The molecule has 2 aromatic carbocycles. The Morgan fingerprint density at radius 3 is 2.60 bits per heavy atom. The second-order valence-electron chi connectivity index (χ2n) is 9.94. The van der Waals surface area contributed by atoms with Gasteiger partial charge in [-0.25, -0.2) is 14.3 Å². The van der Waals surface area contributed by atoms with Crippen LogP contribution >= 0.6 is 6.64 Å². The fraction of sp³-hybridized carbons (Fsp3) is 0.423. The van der Waals surface area contributed by atoms with E-state index in [1.807, 2.05) is 35.3 Å². The predicted octanol–water partition coefficient (Wildman–Crippen LogP) is 2.93. The second-order valence-corrected chi connectivity index (χ2v) is 13.1. The van der Waals surface area contributed by atoms with Crippen molar-refractivity contribution in [1.29, 1.82) is 0 Å². The van der Waals surface area contributed by atoms with Gasteiger partial charge in [-0.15, -0.1) is 0 Å². The third kappa shape index (κ3) is 6.68. The molecule has 1 aliphatic rings. The number of ether oxygens (including phenoxy) is 2. The Kier molecular flexibility index (Phi) is 8.93. The quantitative estimate of drug-likeness (QED) is 0.237. The van der Waals surface area contributed by atoms with E-state index in [0.717, 1.165) is 27.6 Å². The number of aliphatic hydroxyl groups excluding tert-OH is 1. The molecule has 40 heavy (non-hydrogen) atoms. The minimum atomic E-state index is -3.58. The van der Waals surface area contributed by atoms with Gasteiger partial charge in [0.2, 0.25) is 0 Å². The van der Waals surface area contributed by atoms with Gasteiger partial charge in [-0.2, -0.15) is 0 Å². The number of halogens is 1. The van der Waals surface area contributed by atoms with Gasteiger partial charge >= 0.3 is 18.3 Å². The van der Waals surface area contributed by atoms with Gasteiger partial charge in [0.25, 0.3) is 5.56 Å². The molecular weight excluding hydrogens is 564 g/mol. The van der Waals surface area contributed by atoms with E-state index in [1.165, 1.54) is 13.8 Å². The molecule has 0 aliphatic carbocycles. The summed E-state index contributed by atoms with van der Waals surface area (Å²) in [6.07, 6.45) is -4.48. The molecule has 1 saturated heterocycles. The predicted molar refractivity (Wildman–Crippen MR) is 149 cm³/mol. The van der Waals surface area contributed by atoms with Crippen LogP contribution in [0, 0.1) is 0 Å². The van der Waals surface area contributed by atoms with E-state index in [1.54, 1.807) is 26.0 Å². The van der Waals surface area contributed by atoms with Crippen LogP contribution < -0.4 is 20.9 Å². The number of H-pyrrole nitrogens is 1. The number of nitrogens with one attached hydrogen (secondary N) is 2. The van der Waals surface area contributed by atoms with E-state index in [0.29, 0.717) is 5.75 Å². The molecule has 0 saturated carbocycles. The van der Waals surface area contributed by atoms with Crippen LogP contribution in [0.25, 0.3) is 10.8 Å². The van der Waals surface area contributed by atoms with Crippen molar-refractivity contribution in [3.8, 4) is 5.75 Å². The summed E-state index contributed by atoms with van der Waals surface area (Å²) in [5.74, 6) is -0.236. The lowest BCUT2D eigenvalue weighted by atomic mass is 10.0. The van der Waals surface area contributed by atoms with Gasteiger partial charge in [0.05, 0.1) is 12.7 Å². The largest absolute Gasteiger partial charge is 0.462 e. The molecule has 216 valence electrons. The Hall–Kier alpha value is -2.93. The van der Waals surface area contributed by atoms with Gasteiger partial charge in [0.1, 0.15) is 23.5 Å². The highest BCUT2D eigenvalue weighted by Crippen LogP contribution is 2.48. The summed E-state index contributed by atoms with van der Waals surface area (Å²) >= 11 is 5.74. The number of aliphatic hydroxyl groups is 1. The molecule has 4 rings (SSSR count). The molecule has 1 aliphatic heterocycles. The topological polar surface area (TPSA) is 141 Å². The number of nitrogens with zero attached hydrogens (tertiary/aromatic N) is 1. The lowest BCUT2D eigenvalue weighted by Crippen LogP contribution is -2.43. The second kappa shape index (κ2) is 11.9. The van der Waals surface area contributed by atoms with Crippen LogP contribution in [0.3, 0.4) is 0 Å².